The molecular formula is C23H33NO5S. The van der Waals surface area contributed by atoms with Crippen LogP contribution < -0.4 is 5.32 Å². The van der Waals surface area contributed by atoms with Gasteiger partial charge in [-0.25, -0.2) is 4.79 Å². The topological polar surface area (TPSA) is 73.9 Å². The summed E-state index contributed by atoms with van der Waals surface area (Å²) in [6.45, 7) is 4.14. The maximum atomic E-state index is 12.5. The molecule has 3 aliphatic heterocycles. The molecule has 6 nitrogen and oxygen atoms in total. The summed E-state index contributed by atoms with van der Waals surface area (Å²) >= 11 is 1.23. The van der Waals surface area contributed by atoms with Crippen LogP contribution in [0.4, 0.5) is 4.79 Å². The van der Waals surface area contributed by atoms with E-state index in [9.17, 15) is 9.59 Å². The van der Waals surface area contributed by atoms with Crippen molar-refractivity contribution in [3.8, 4) is 0 Å². The van der Waals surface area contributed by atoms with Gasteiger partial charge in [0.1, 0.15) is 6.10 Å². The van der Waals surface area contributed by atoms with Crippen molar-refractivity contribution in [2.75, 3.05) is 12.9 Å². The molecule has 0 aromatic rings. The summed E-state index contributed by atoms with van der Waals surface area (Å²) in [5.74, 6) is -0.324. The predicted molar refractivity (Wildman–Crippen MR) is 118 cm³/mol. The Morgan fingerprint density at radius 2 is 2.07 bits per heavy atom. The zero-order chi connectivity index (χ0) is 21.6. The lowest BCUT2D eigenvalue weighted by molar-refractivity contribution is -0.296. The molecule has 5 atom stereocenters. The van der Waals surface area contributed by atoms with E-state index in [1.165, 1.54) is 11.8 Å². The third kappa shape index (κ3) is 6.22. The van der Waals surface area contributed by atoms with Crippen molar-refractivity contribution in [1.29, 1.82) is 0 Å². The smallest absolute Gasteiger partial charge is 0.330 e. The highest BCUT2D eigenvalue weighted by Crippen LogP contribution is 2.39. The summed E-state index contributed by atoms with van der Waals surface area (Å²) in [7, 11) is 1.60. The van der Waals surface area contributed by atoms with Crippen molar-refractivity contribution in [2.24, 2.45) is 5.92 Å². The second-order valence-electron chi connectivity index (χ2n) is 8.45. The van der Waals surface area contributed by atoms with Crippen LogP contribution in [0.1, 0.15) is 52.4 Å². The molecule has 2 saturated heterocycles. The van der Waals surface area contributed by atoms with Crippen molar-refractivity contribution in [3.63, 3.8) is 0 Å². The minimum absolute atomic E-state index is 0.0736. The second-order valence-corrected chi connectivity index (χ2v) is 9.44. The first kappa shape index (κ1) is 23.1. The highest BCUT2D eigenvalue weighted by atomic mass is 32.2. The van der Waals surface area contributed by atoms with Crippen molar-refractivity contribution in [1.82, 2.24) is 5.32 Å². The third-order valence-electron chi connectivity index (χ3n) is 5.94. The molecule has 0 aromatic heterocycles. The molecule has 0 aliphatic carbocycles. The lowest BCUT2D eigenvalue weighted by Crippen LogP contribution is -2.59. The van der Waals surface area contributed by atoms with Crippen LogP contribution in [0.5, 0.6) is 0 Å². The average Bonchev–Trinajstić information content (AvgIpc) is 3.15. The van der Waals surface area contributed by atoms with Crippen LogP contribution in [0.3, 0.4) is 0 Å². The monoisotopic (exact) mass is 435 g/mol. The summed E-state index contributed by atoms with van der Waals surface area (Å²) in [4.78, 5) is 24.3. The van der Waals surface area contributed by atoms with Gasteiger partial charge in [0.05, 0.1) is 12.1 Å². The van der Waals surface area contributed by atoms with Crippen molar-refractivity contribution < 1.29 is 23.8 Å². The molecule has 30 heavy (non-hydrogen) atoms. The molecule has 0 aromatic carbocycles. The van der Waals surface area contributed by atoms with Crippen LogP contribution in [0.25, 0.3) is 0 Å². The molecule has 0 unspecified atom stereocenters. The van der Waals surface area contributed by atoms with Gasteiger partial charge in [0.25, 0.3) is 5.24 Å². The number of fused-ring (bicyclic) bond motifs is 2. The van der Waals surface area contributed by atoms with Gasteiger partial charge in [-0.3, -0.25) is 4.79 Å². The van der Waals surface area contributed by atoms with Gasteiger partial charge in [-0.1, -0.05) is 48.6 Å². The molecule has 0 saturated carbocycles. The Bertz CT molecular complexity index is 718. The number of ether oxygens (including phenoxy) is 3. The summed E-state index contributed by atoms with van der Waals surface area (Å²) in [6, 6.07) is -0.269. The van der Waals surface area contributed by atoms with Gasteiger partial charge in [-0.05, 0) is 38.5 Å². The van der Waals surface area contributed by atoms with E-state index in [4.69, 9.17) is 14.2 Å². The normalized spacial score (nSPS) is 40.0. The van der Waals surface area contributed by atoms with Gasteiger partial charge in [0.2, 0.25) is 0 Å². The molecule has 166 valence electrons. The van der Waals surface area contributed by atoms with Crippen molar-refractivity contribution in [2.45, 2.75) is 76.4 Å². The molecule has 1 amide bonds. The molecule has 0 spiro atoms. The summed E-state index contributed by atoms with van der Waals surface area (Å²) in [6.07, 6.45) is 14.2. The highest BCUT2D eigenvalue weighted by Gasteiger charge is 2.51. The fourth-order valence-electron chi connectivity index (χ4n) is 4.21. The van der Waals surface area contributed by atoms with Crippen LogP contribution in [0, 0.1) is 5.92 Å². The van der Waals surface area contributed by atoms with Gasteiger partial charge < -0.3 is 19.5 Å². The van der Waals surface area contributed by atoms with Crippen molar-refractivity contribution in [3.05, 3.63) is 36.0 Å². The average molecular weight is 436 g/mol. The molecule has 1 N–H and O–H groups in total. The third-order valence-corrected chi connectivity index (χ3v) is 6.82. The van der Waals surface area contributed by atoms with Crippen LogP contribution in [0.15, 0.2) is 36.0 Å². The van der Waals surface area contributed by atoms with Gasteiger partial charge in [0, 0.05) is 31.8 Å². The van der Waals surface area contributed by atoms with Crippen LogP contribution >= 0.6 is 11.8 Å². The number of nitrogens with one attached hydrogen (secondary N) is 1. The number of hydrogen-bond donors (Lipinski definition) is 1. The minimum atomic E-state index is -0.987. The molecule has 2 fully saturated rings. The van der Waals surface area contributed by atoms with E-state index in [0.29, 0.717) is 24.5 Å². The lowest BCUT2D eigenvalue weighted by atomic mass is 9.90. The molecule has 3 heterocycles. The SMILES string of the molecule is CO[C@]1([C@@H]2CSC(=O)N2)C[C@H]2C[C@@H](CC[C@@H](C)/C=C\C=C\CC/C(C)=C\C(=O)O2)O1. The Hall–Kier alpha value is -1.57. The molecule has 3 rings (SSSR count). The lowest BCUT2D eigenvalue weighted by Gasteiger charge is -2.46. The number of hydrogen-bond acceptors (Lipinski definition) is 6. The maximum Gasteiger partial charge on any atom is 0.330 e. The summed E-state index contributed by atoms with van der Waals surface area (Å²) in [5.41, 5.74) is 0.996. The Kier molecular flexibility index (Phi) is 8.20. The number of amides is 1. The van der Waals surface area contributed by atoms with E-state index in [1.54, 1.807) is 13.2 Å². The first-order valence-electron chi connectivity index (χ1n) is 10.8. The minimum Gasteiger partial charge on any atom is -0.459 e. The fourth-order valence-corrected chi connectivity index (χ4v) is 5.10. The highest BCUT2D eigenvalue weighted by molar-refractivity contribution is 8.14. The van der Waals surface area contributed by atoms with Gasteiger partial charge in [-0.15, -0.1) is 0 Å². The van der Waals surface area contributed by atoms with E-state index in [1.807, 2.05) is 6.92 Å². The molecule has 2 bridgehead atoms. The van der Waals surface area contributed by atoms with Crippen LogP contribution in [0.2, 0.25) is 0 Å². The molecule has 3 aliphatic rings. The number of carbonyl (C=O) groups excluding carboxylic acids is 2. The number of rotatable bonds is 2. The summed E-state index contributed by atoms with van der Waals surface area (Å²) in [5, 5.41) is 2.88. The Balaban J connectivity index is 1.82. The summed E-state index contributed by atoms with van der Waals surface area (Å²) < 4.78 is 18.1. The molecular weight excluding hydrogens is 402 g/mol. The van der Waals surface area contributed by atoms with Gasteiger partial charge >= 0.3 is 5.97 Å². The Morgan fingerprint density at radius 3 is 2.80 bits per heavy atom. The van der Waals surface area contributed by atoms with Crippen LogP contribution in [-0.4, -0.2) is 48.1 Å². The number of methoxy groups -OCH3 is 1. The van der Waals surface area contributed by atoms with E-state index in [-0.39, 0.29) is 29.5 Å². The van der Waals surface area contributed by atoms with Gasteiger partial charge in [-0.2, -0.15) is 0 Å². The van der Waals surface area contributed by atoms with E-state index >= 15 is 0 Å². The largest absolute Gasteiger partial charge is 0.459 e. The zero-order valence-corrected chi connectivity index (χ0v) is 18.9. The fraction of sp³-hybridized carbons (Fsp3) is 0.652. The Labute approximate surface area is 183 Å². The van der Waals surface area contributed by atoms with E-state index in [0.717, 1.165) is 31.3 Å². The molecule has 7 heteroatoms. The van der Waals surface area contributed by atoms with E-state index < -0.39 is 5.79 Å². The molecule has 0 radical (unpaired) electrons. The standard InChI is InChI=1S/C23H33NO5S/c1-16-8-6-4-5-7-9-17(2)12-21(25)28-19-13-18(11-10-16)29-23(14-19,27-3)20-15-30-22(26)24-20/h4-6,8,12,16,18-20H,7,9-11,13-15H2,1-3H3,(H,24,26)/b5-4+,8-6-,17-12-/t16-,18+,19+,20-,23+/m0/s1. The quantitative estimate of drug-likeness (QED) is 0.643. The number of thioether (sulfide) groups is 1. The van der Waals surface area contributed by atoms with Crippen molar-refractivity contribution >= 4 is 23.0 Å². The number of esters is 1. The second kappa shape index (κ2) is 10.6. The van der Waals surface area contributed by atoms with E-state index in [2.05, 4.69) is 36.5 Å². The number of carbonyl (C=O) groups is 2. The van der Waals surface area contributed by atoms with Crippen LogP contribution in [-0.2, 0) is 19.0 Å². The maximum absolute atomic E-state index is 12.5. The van der Waals surface area contributed by atoms with Gasteiger partial charge in [0.15, 0.2) is 5.79 Å². The number of allylic oxidation sites excluding steroid dienone is 5. The zero-order valence-electron chi connectivity index (χ0n) is 18.1. The predicted octanol–water partition coefficient (Wildman–Crippen LogP) is 4.51. The first-order chi connectivity index (χ1) is 14.4. The first-order valence-corrected chi connectivity index (χ1v) is 11.8. The Morgan fingerprint density at radius 1 is 1.23 bits per heavy atom.